The summed E-state index contributed by atoms with van der Waals surface area (Å²) in [5.74, 6) is -1.70. The highest BCUT2D eigenvalue weighted by atomic mass is 19.1. The van der Waals surface area contributed by atoms with E-state index in [1.54, 1.807) is 19.1 Å². The van der Waals surface area contributed by atoms with Crippen molar-refractivity contribution in [2.75, 3.05) is 0 Å². The highest BCUT2D eigenvalue weighted by Crippen LogP contribution is 2.22. The lowest BCUT2D eigenvalue weighted by atomic mass is 9.99. The molecule has 0 fully saturated rings. The summed E-state index contributed by atoms with van der Waals surface area (Å²) >= 11 is 0. The van der Waals surface area contributed by atoms with E-state index in [-0.39, 0.29) is 29.4 Å². The van der Waals surface area contributed by atoms with Crippen LogP contribution in [0.3, 0.4) is 0 Å². The van der Waals surface area contributed by atoms with Gasteiger partial charge in [0.2, 0.25) is 5.91 Å². The second-order valence-corrected chi connectivity index (χ2v) is 6.40. The van der Waals surface area contributed by atoms with E-state index in [0.717, 1.165) is 0 Å². The minimum absolute atomic E-state index is 0.104. The monoisotopic (exact) mass is 371 g/mol. The Bertz CT molecular complexity index is 846. The molecule has 2 rings (SSSR count). The van der Waals surface area contributed by atoms with Gasteiger partial charge in [0.05, 0.1) is 5.92 Å². The molecule has 0 radical (unpaired) electrons. The van der Waals surface area contributed by atoms with Crippen molar-refractivity contribution in [2.24, 2.45) is 11.7 Å². The molecule has 27 heavy (non-hydrogen) atoms. The van der Waals surface area contributed by atoms with Crippen LogP contribution in [-0.4, -0.2) is 17.7 Å². The number of esters is 1. The number of benzene rings is 2. The van der Waals surface area contributed by atoms with Crippen molar-refractivity contribution in [3.8, 4) is 5.75 Å². The summed E-state index contributed by atoms with van der Waals surface area (Å²) in [5, 5.41) is 0. The minimum atomic E-state index is -0.469. The van der Waals surface area contributed by atoms with Gasteiger partial charge >= 0.3 is 5.97 Å². The highest BCUT2D eigenvalue weighted by Gasteiger charge is 2.17. The van der Waals surface area contributed by atoms with E-state index < -0.39 is 17.7 Å². The zero-order valence-electron chi connectivity index (χ0n) is 15.3. The smallest absolute Gasteiger partial charge is 0.314 e. The second-order valence-electron chi connectivity index (χ2n) is 6.40. The molecular formula is C21H22FNO4. The first kappa shape index (κ1) is 20.3. The lowest BCUT2D eigenvalue weighted by Crippen LogP contribution is -2.17. The van der Waals surface area contributed by atoms with Crippen molar-refractivity contribution in [3.63, 3.8) is 0 Å². The van der Waals surface area contributed by atoms with Gasteiger partial charge in [0.25, 0.3) is 0 Å². The van der Waals surface area contributed by atoms with Gasteiger partial charge < -0.3 is 10.5 Å². The summed E-state index contributed by atoms with van der Waals surface area (Å²) in [6, 6.07) is 9.89. The van der Waals surface area contributed by atoms with E-state index in [1.807, 2.05) is 6.92 Å². The molecule has 0 bridgehead atoms. The number of aryl methyl sites for hydroxylation is 1. The van der Waals surface area contributed by atoms with E-state index in [4.69, 9.17) is 10.5 Å². The number of ketones is 1. The number of hydrogen-bond acceptors (Lipinski definition) is 4. The Hall–Kier alpha value is -3.02. The van der Waals surface area contributed by atoms with Crippen LogP contribution in [0.15, 0.2) is 42.5 Å². The number of ether oxygens (including phenoxy) is 1. The van der Waals surface area contributed by atoms with Crippen LogP contribution in [0.25, 0.3) is 0 Å². The first-order valence-electron chi connectivity index (χ1n) is 8.74. The van der Waals surface area contributed by atoms with Crippen molar-refractivity contribution < 1.29 is 23.5 Å². The van der Waals surface area contributed by atoms with Gasteiger partial charge in [0.15, 0.2) is 5.78 Å². The first-order valence-corrected chi connectivity index (χ1v) is 8.74. The molecule has 1 unspecified atom stereocenters. The van der Waals surface area contributed by atoms with Gasteiger partial charge in [0.1, 0.15) is 11.6 Å². The predicted molar refractivity (Wildman–Crippen MR) is 98.9 cm³/mol. The summed E-state index contributed by atoms with van der Waals surface area (Å²) in [7, 11) is 0. The van der Waals surface area contributed by atoms with Crippen LogP contribution in [0.2, 0.25) is 0 Å². The van der Waals surface area contributed by atoms with E-state index in [0.29, 0.717) is 24.0 Å². The Morgan fingerprint density at radius 1 is 1.07 bits per heavy atom. The zero-order chi connectivity index (χ0) is 20.0. The number of halogens is 1. The third kappa shape index (κ3) is 5.74. The largest absolute Gasteiger partial charge is 0.426 e. The molecule has 5 nitrogen and oxygen atoms in total. The van der Waals surface area contributed by atoms with E-state index in [1.165, 1.54) is 30.3 Å². The summed E-state index contributed by atoms with van der Waals surface area (Å²) in [5.41, 5.74) is 6.44. The van der Waals surface area contributed by atoms with Crippen molar-refractivity contribution in [3.05, 3.63) is 65.0 Å². The number of rotatable bonds is 8. The van der Waals surface area contributed by atoms with Gasteiger partial charge in [-0.2, -0.15) is 0 Å². The number of primary amides is 1. The molecular weight excluding hydrogens is 349 g/mol. The van der Waals surface area contributed by atoms with Crippen LogP contribution < -0.4 is 10.5 Å². The Kier molecular flexibility index (Phi) is 6.82. The first-order chi connectivity index (χ1) is 12.8. The van der Waals surface area contributed by atoms with Crippen LogP contribution in [0.4, 0.5) is 4.39 Å². The summed E-state index contributed by atoms with van der Waals surface area (Å²) in [6.45, 7) is 3.63. The number of amides is 1. The van der Waals surface area contributed by atoms with Gasteiger partial charge in [-0.15, -0.1) is 0 Å². The molecule has 0 saturated carbocycles. The van der Waals surface area contributed by atoms with E-state index in [2.05, 4.69) is 0 Å². The normalized spacial score (nSPS) is 11.7. The van der Waals surface area contributed by atoms with Crippen molar-refractivity contribution >= 4 is 17.7 Å². The molecule has 0 heterocycles. The molecule has 1 atom stereocenters. The van der Waals surface area contributed by atoms with Gasteiger partial charge in [-0.05, 0) is 60.9 Å². The van der Waals surface area contributed by atoms with Crippen LogP contribution in [-0.2, 0) is 16.0 Å². The third-order valence-electron chi connectivity index (χ3n) is 4.23. The molecule has 142 valence electrons. The maximum absolute atomic E-state index is 13.1. The topological polar surface area (TPSA) is 86.5 Å². The number of hydrogen-bond donors (Lipinski definition) is 1. The molecule has 0 saturated heterocycles. The Labute approximate surface area is 157 Å². The van der Waals surface area contributed by atoms with Crippen LogP contribution in [0.5, 0.6) is 5.75 Å². The van der Waals surface area contributed by atoms with Crippen molar-refractivity contribution in [2.45, 2.75) is 33.1 Å². The maximum atomic E-state index is 13.1. The molecule has 0 aliphatic rings. The fourth-order valence-corrected chi connectivity index (χ4v) is 2.41. The van der Waals surface area contributed by atoms with Crippen molar-refractivity contribution in [1.82, 2.24) is 0 Å². The second kappa shape index (κ2) is 9.07. The molecule has 0 spiro atoms. The number of nitrogens with two attached hydrogens (primary N) is 1. The predicted octanol–water partition coefficient (Wildman–Crippen LogP) is 3.43. The molecule has 0 aliphatic carbocycles. The average Bonchev–Trinajstić information content (AvgIpc) is 2.65. The number of carbonyl (C=O) groups is 3. The summed E-state index contributed by atoms with van der Waals surface area (Å²) < 4.78 is 18.5. The lowest BCUT2D eigenvalue weighted by Gasteiger charge is -2.12. The summed E-state index contributed by atoms with van der Waals surface area (Å²) in [4.78, 5) is 35.9. The molecule has 6 heteroatoms. The van der Waals surface area contributed by atoms with Gasteiger partial charge in [0, 0.05) is 17.5 Å². The molecule has 1 amide bonds. The Balaban J connectivity index is 2.36. The SMILES string of the molecule is CCC(C)C(=O)Oc1cc(CCC(N)=O)cc(C(=O)c2ccc(F)cc2)c1. The van der Waals surface area contributed by atoms with Gasteiger partial charge in [-0.3, -0.25) is 14.4 Å². The quantitative estimate of drug-likeness (QED) is 0.438. The molecule has 2 aromatic rings. The van der Waals surface area contributed by atoms with Gasteiger partial charge in [-0.25, -0.2) is 4.39 Å². The molecule has 0 aromatic heterocycles. The van der Waals surface area contributed by atoms with Crippen LogP contribution >= 0.6 is 0 Å². The molecule has 0 aliphatic heterocycles. The standard InChI is InChI=1S/C21H22FNO4/c1-3-13(2)21(26)27-18-11-14(4-9-19(23)24)10-16(12-18)20(25)15-5-7-17(22)8-6-15/h5-8,10-13H,3-4,9H2,1-2H3,(H2,23,24). The third-order valence-corrected chi connectivity index (χ3v) is 4.23. The van der Waals surface area contributed by atoms with E-state index >= 15 is 0 Å². The van der Waals surface area contributed by atoms with Gasteiger partial charge in [-0.1, -0.05) is 13.8 Å². The molecule has 2 aromatic carbocycles. The fourth-order valence-electron chi connectivity index (χ4n) is 2.41. The lowest BCUT2D eigenvalue weighted by molar-refractivity contribution is -0.138. The Morgan fingerprint density at radius 2 is 1.74 bits per heavy atom. The van der Waals surface area contributed by atoms with Crippen LogP contribution in [0, 0.1) is 11.7 Å². The van der Waals surface area contributed by atoms with Crippen molar-refractivity contribution in [1.29, 1.82) is 0 Å². The highest BCUT2D eigenvalue weighted by molar-refractivity contribution is 6.09. The summed E-state index contributed by atoms with van der Waals surface area (Å²) in [6.07, 6.45) is 1.04. The van der Waals surface area contributed by atoms with Crippen LogP contribution in [0.1, 0.15) is 48.2 Å². The maximum Gasteiger partial charge on any atom is 0.314 e. The Morgan fingerprint density at radius 3 is 2.33 bits per heavy atom. The zero-order valence-corrected chi connectivity index (χ0v) is 15.3. The minimum Gasteiger partial charge on any atom is -0.426 e. The van der Waals surface area contributed by atoms with E-state index in [9.17, 15) is 18.8 Å². The fraction of sp³-hybridized carbons (Fsp3) is 0.286. The number of carbonyl (C=O) groups excluding carboxylic acids is 3. The molecule has 2 N–H and O–H groups in total. The average molecular weight is 371 g/mol.